The van der Waals surface area contributed by atoms with Crippen LogP contribution in [0.1, 0.15) is 11.6 Å². The first-order chi connectivity index (χ1) is 15.4. The van der Waals surface area contributed by atoms with Crippen LogP contribution in [0.15, 0.2) is 40.8 Å². The number of aromatic hydroxyl groups is 1. The van der Waals surface area contributed by atoms with E-state index in [1.165, 1.54) is 36.4 Å². The van der Waals surface area contributed by atoms with Crippen molar-refractivity contribution in [1.82, 2.24) is 14.9 Å². The van der Waals surface area contributed by atoms with Crippen LogP contribution in [0.3, 0.4) is 0 Å². The smallest absolute Gasteiger partial charge is 0.433 e. The van der Waals surface area contributed by atoms with Gasteiger partial charge >= 0.3 is 5.88 Å². The topological polar surface area (TPSA) is 121 Å². The number of rotatable bonds is 6. The highest BCUT2D eigenvalue weighted by Crippen LogP contribution is 2.27. The van der Waals surface area contributed by atoms with Crippen LogP contribution in [0, 0.1) is 15.9 Å². The average Bonchev–Trinajstić information content (AvgIpc) is 3.26. The SMILES string of the molecule is CN1CCN(c2nc(/C=C/c3ccc([N+](=O)[O-])o3)nc(Nc3ccc(O)cc3)c2F)CC1. The van der Waals surface area contributed by atoms with Gasteiger partial charge in [0, 0.05) is 31.9 Å². The van der Waals surface area contributed by atoms with Gasteiger partial charge in [0.1, 0.15) is 16.4 Å². The fourth-order valence-electron chi connectivity index (χ4n) is 3.21. The van der Waals surface area contributed by atoms with E-state index in [1.807, 2.05) is 11.9 Å². The lowest BCUT2D eigenvalue weighted by molar-refractivity contribution is -0.402. The molecule has 1 aliphatic heterocycles. The number of nitrogens with one attached hydrogen (secondary N) is 1. The Bertz CT molecular complexity index is 1140. The third-order valence-corrected chi connectivity index (χ3v) is 4.97. The molecular weight excluding hydrogens is 419 g/mol. The number of nitrogens with zero attached hydrogens (tertiary/aromatic N) is 5. The van der Waals surface area contributed by atoms with Gasteiger partial charge in [-0.25, -0.2) is 9.97 Å². The molecule has 32 heavy (non-hydrogen) atoms. The lowest BCUT2D eigenvalue weighted by atomic mass is 10.3. The fraction of sp³-hybridized carbons (Fsp3) is 0.238. The number of phenols is 1. The van der Waals surface area contributed by atoms with Crippen LogP contribution < -0.4 is 10.2 Å². The summed E-state index contributed by atoms with van der Waals surface area (Å²) >= 11 is 0. The summed E-state index contributed by atoms with van der Waals surface area (Å²) in [6.07, 6.45) is 2.99. The molecule has 2 N–H and O–H groups in total. The number of hydrogen-bond donors (Lipinski definition) is 2. The Kier molecular flexibility index (Phi) is 5.99. The van der Waals surface area contributed by atoms with Crippen LogP contribution in [-0.2, 0) is 0 Å². The zero-order valence-electron chi connectivity index (χ0n) is 17.2. The molecule has 4 rings (SSSR count). The van der Waals surface area contributed by atoms with Crippen LogP contribution in [0.2, 0.25) is 0 Å². The highest BCUT2D eigenvalue weighted by molar-refractivity contribution is 5.68. The molecule has 11 heteroatoms. The Morgan fingerprint density at radius 3 is 2.50 bits per heavy atom. The molecule has 0 aliphatic carbocycles. The van der Waals surface area contributed by atoms with Crippen molar-refractivity contribution in [2.45, 2.75) is 0 Å². The van der Waals surface area contributed by atoms with Gasteiger partial charge in [0.2, 0.25) is 5.82 Å². The number of anilines is 3. The van der Waals surface area contributed by atoms with Crippen molar-refractivity contribution in [3.8, 4) is 5.75 Å². The fourth-order valence-corrected chi connectivity index (χ4v) is 3.21. The van der Waals surface area contributed by atoms with Gasteiger partial charge in [-0.15, -0.1) is 0 Å². The molecule has 10 nitrogen and oxygen atoms in total. The van der Waals surface area contributed by atoms with E-state index in [4.69, 9.17) is 4.42 Å². The number of halogens is 1. The van der Waals surface area contributed by atoms with Crippen molar-refractivity contribution >= 4 is 35.4 Å². The summed E-state index contributed by atoms with van der Waals surface area (Å²) in [5, 5.41) is 23.2. The molecule has 3 heterocycles. The van der Waals surface area contributed by atoms with E-state index in [0.29, 0.717) is 18.8 Å². The van der Waals surface area contributed by atoms with E-state index >= 15 is 4.39 Å². The van der Waals surface area contributed by atoms with E-state index in [9.17, 15) is 15.2 Å². The number of nitro groups is 1. The first kappa shape index (κ1) is 21.2. The molecule has 0 unspecified atom stereocenters. The van der Waals surface area contributed by atoms with E-state index < -0.39 is 10.7 Å². The Morgan fingerprint density at radius 2 is 1.84 bits per heavy atom. The third-order valence-electron chi connectivity index (χ3n) is 4.97. The maximum atomic E-state index is 15.3. The predicted molar refractivity (Wildman–Crippen MR) is 117 cm³/mol. The van der Waals surface area contributed by atoms with Crippen molar-refractivity contribution in [2.24, 2.45) is 0 Å². The molecule has 1 aliphatic rings. The van der Waals surface area contributed by atoms with E-state index in [-0.39, 0.29) is 34.9 Å². The minimum atomic E-state index is -0.628. The zero-order valence-corrected chi connectivity index (χ0v) is 17.2. The lowest BCUT2D eigenvalue weighted by Crippen LogP contribution is -2.45. The monoisotopic (exact) mass is 440 g/mol. The summed E-state index contributed by atoms with van der Waals surface area (Å²) < 4.78 is 20.5. The minimum absolute atomic E-state index is 0.0234. The molecule has 1 saturated heterocycles. The second-order valence-corrected chi connectivity index (χ2v) is 7.30. The lowest BCUT2D eigenvalue weighted by Gasteiger charge is -2.33. The van der Waals surface area contributed by atoms with E-state index in [1.54, 1.807) is 12.1 Å². The first-order valence-electron chi connectivity index (χ1n) is 9.88. The van der Waals surface area contributed by atoms with Crippen LogP contribution in [0.5, 0.6) is 5.75 Å². The molecule has 1 fully saturated rings. The molecule has 2 aromatic heterocycles. The van der Waals surface area contributed by atoms with Crippen LogP contribution in [-0.4, -0.2) is 58.1 Å². The number of likely N-dealkylation sites (N-methyl/N-ethyl adjacent to an activating group) is 1. The predicted octanol–water partition coefficient (Wildman–Crippen LogP) is 3.49. The summed E-state index contributed by atoms with van der Waals surface area (Å²) in [5.41, 5.74) is 0.543. The minimum Gasteiger partial charge on any atom is -0.508 e. The molecule has 0 spiro atoms. The van der Waals surface area contributed by atoms with Crippen LogP contribution >= 0.6 is 0 Å². The van der Waals surface area contributed by atoms with Crippen molar-refractivity contribution in [3.05, 3.63) is 63.9 Å². The molecule has 0 radical (unpaired) electrons. The van der Waals surface area contributed by atoms with Gasteiger partial charge in [-0.3, -0.25) is 10.1 Å². The molecule has 0 saturated carbocycles. The van der Waals surface area contributed by atoms with Gasteiger partial charge in [-0.1, -0.05) is 0 Å². The van der Waals surface area contributed by atoms with Crippen molar-refractivity contribution in [3.63, 3.8) is 0 Å². The summed E-state index contributed by atoms with van der Waals surface area (Å²) in [6, 6.07) is 8.86. The van der Waals surface area contributed by atoms with Crippen molar-refractivity contribution in [1.29, 1.82) is 0 Å². The first-order valence-corrected chi connectivity index (χ1v) is 9.88. The van der Waals surface area contributed by atoms with Gasteiger partial charge in [-0.2, -0.15) is 4.39 Å². The van der Waals surface area contributed by atoms with Gasteiger partial charge in [0.25, 0.3) is 0 Å². The number of hydrogen-bond acceptors (Lipinski definition) is 9. The Hall–Kier alpha value is -3.99. The normalized spacial score (nSPS) is 14.8. The maximum absolute atomic E-state index is 15.3. The highest BCUT2D eigenvalue weighted by Gasteiger charge is 2.22. The standard InChI is InChI=1S/C21H21FN6O4/c1-26-10-12-27(13-11-26)21-19(22)20(23-14-2-4-15(29)5-3-14)24-17(25-21)8-6-16-7-9-18(32-16)28(30)31/h2-9,29H,10-13H2,1H3,(H,23,24,25)/b8-6+. The number of furan rings is 1. The van der Waals surface area contributed by atoms with Gasteiger partial charge in [0.15, 0.2) is 17.5 Å². The van der Waals surface area contributed by atoms with Gasteiger partial charge < -0.3 is 24.6 Å². The van der Waals surface area contributed by atoms with Crippen LogP contribution in [0.25, 0.3) is 12.2 Å². The largest absolute Gasteiger partial charge is 0.508 e. The second kappa shape index (κ2) is 9.02. The van der Waals surface area contributed by atoms with Crippen molar-refractivity contribution < 1.29 is 18.8 Å². The summed E-state index contributed by atoms with van der Waals surface area (Å²) in [4.78, 5) is 22.8. The molecular formula is C21H21FN6O4. The Balaban J connectivity index is 1.67. The Morgan fingerprint density at radius 1 is 1.12 bits per heavy atom. The number of piperazine rings is 1. The molecule has 0 amide bonds. The average molecular weight is 440 g/mol. The molecule has 3 aromatic rings. The number of benzene rings is 1. The molecule has 166 valence electrons. The van der Waals surface area contributed by atoms with E-state index in [2.05, 4.69) is 20.2 Å². The zero-order chi connectivity index (χ0) is 22.7. The van der Waals surface area contributed by atoms with Gasteiger partial charge in [-0.05, 0) is 49.5 Å². The van der Waals surface area contributed by atoms with Crippen molar-refractivity contribution in [2.75, 3.05) is 43.4 Å². The third kappa shape index (κ3) is 4.83. The Labute approximate surface area is 182 Å². The number of phenolic OH excluding ortho intramolecular Hbond substituents is 1. The molecule has 1 aromatic carbocycles. The van der Waals surface area contributed by atoms with E-state index in [0.717, 1.165) is 13.1 Å². The second-order valence-electron chi connectivity index (χ2n) is 7.30. The quantitative estimate of drug-likeness (QED) is 0.337. The summed E-state index contributed by atoms with van der Waals surface area (Å²) in [7, 11) is 2.00. The summed E-state index contributed by atoms with van der Waals surface area (Å²) in [6.45, 7) is 2.75. The van der Waals surface area contributed by atoms with Gasteiger partial charge in [0.05, 0.1) is 6.07 Å². The molecule has 0 atom stereocenters. The summed E-state index contributed by atoms with van der Waals surface area (Å²) in [5.74, 6) is -0.275. The highest BCUT2D eigenvalue weighted by atomic mass is 19.1. The van der Waals surface area contributed by atoms with Crippen LogP contribution in [0.4, 0.5) is 27.6 Å². The molecule has 0 bridgehead atoms. The number of aromatic nitrogens is 2. The maximum Gasteiger partial charge on any atom is 0.433 e.